The molecule has 1 N–H and O–H groups in total. The van der Waals surface area contributed by atoms with E-state index in [1.54, 1.807) is 18.2 Å². The van der Waals surface area contributed by atoms with Gasteiger partial charge < -0.3 is 43.0 Å². The Morgan fingerprint density at radius 1 is 0.810 bits per heavy atom. The maximum Gasteiger partial charge on any atom is 0.342 e. The number of morpholine rings is 1. The molecule has 1 heterocycles. The lowest BCUT2D eigenvalue weighted by molar-refractivity contribution is 0.0192. The molecule has 3 aromatic rings. The Kier molecular flexibility index (Phi) is 9.81. The summed E-state index contributed by atoms with van der Waals surface area (Å²) in [5, 5.41) is 12.0. The molecule has 226 valence electrons. The first-order valence-electron chi connectivity index (χ1n) is 13.1. The Labute approximate surface area is 243 Å². The molecule has 0 aromatic heterocycles. The van der Waals surface area contributed by atoms with Crippen molar-refractivity contribution in [2.45, 2.75) is 0 Å². The van der Waals surface area contributed by atoms with E-state index in [0.29, 0.717) is 49.9 Å². The summed E-state index contributed by atoms with van der Waals surface area (Å²) in [4.78, 5) is 29.2. The molecule has 1 aliphatic rings. The number of hydrogen-bond acceptors (Lipinski definition) is 12. The number of hydrogen-bond donors (Lipinski definition) is 1. The van der Waals surface area contributed by atoms with Crippen molar-refractivity contribution in [1.82, 2.24) is 4.90 Å². The maximum absolute atomic E-state index is 13.7. The van der Waals surface area contributed by atoms with Crippen LogP contribution in [-0.4, -0.2) is 104 Å². The average molecular weight is 586 g/mol. The number of esters is 2. The van der Waals surface area contributed by atoms with Crippen LogP contribution in [0.4, 0.5) is 0 Å². The first-order chi connectivity index (χ1) is 20.3. The van der Waals surface area contributed by atoms with E-state index in [2.05, 4.69) is 4.90 Å². The van der Waals surface area contributed by atoms with Crippen molar-refractivity contribution in [2.75, 3.05) is 82.1 Å². The van der Waals surface area contributed by atoms with Gasteiger partial charge in [0.25, 0.3) is 0 Å². The minimum absolute atomic E-state index is 0.0257. The van der Waals surface area contributed by atoms with Crippen molar-refractivity contribution in [1.29, 1.82) is 0 Å². The summed E-state index contributed by atoms with van der Waals surface area (Å²) in [5.41, 5.74) is 0.0615. The predicted molar refractivity (Wildman–Crippen MR) is 153 cm³/mol. The SMILES string of the molecule is COC(=O)c1c(C(=O)OCCN2CCOCC2)c(O)c2cc(OC)c(OC)c(OC)c2c1-c1ccc(OC)c(OC)c1. The molecule has 0 aliphatic carbocycles. The molecule has 0 amide bonds. The second kappa shape index (κ2) is 13.5. The fourth-order valence-electron chi connectivity index (χ4n) is 5.04. The number of phenolic OH excluding ortho intramolecular Hbond substituents is 1. The van der Waals surface area contributed by atoms with Gasteiger partial charge in [-0.25, -0.2) is 9.59 Å². The van der Waals surface area contributed by atoms with Crippen LogP contribution in [0.2, 0.25) is 0 Å². The fraction of sp³-hybridized carbons (Fsp3) is 0.400. The molecule has 0 bridgehead atoms. The van der Waals surface area contributed by atoms with E-state index >= 15 is 0 Å². The molecule has 12 heteroatoms. The molecule has 1 saturated heterocycles. The molecule has 0 saturated carbocycles. The highest BCUT2D eigenvalue weighted by Gasteiger charge is 2.34. The summed E-state index contributed by atoms with van der Waals surface area (Å²) in [6, 6.07) is 6.48. The second-order valence-electron chi connectivity index (χ2n) is 9.19. The van der Waals surface area contributed by atoms with Crippen LogP contribution in [0, 0.1) is 0 Å². The van der Waals surface area contributed by atoms with Crippen LogP contribution in [0.1, 0.15) is 20.7 Å². The molecule has 42 heavy (non-hydrogen) atoms. The van der Waals surface area contributed by atoms with Gasteiger partial charge in [0.15, 0.2) is 23.0 Å². The topological polar surface area (TPSA) is 131 Å². The van der Waals surface area contributed by atoms with E-state index in [0.717, 1.165) is 0 Å². The molecule has 12 nitrogen and oxygen atoms in total. The van der Waals surface area contributed by atoms with Crippen molar-refractivity contribution in [3.05, 3.63) is 35.4 Å². The lowest BCUT2D eigenvalue weighted by atomic mass is 9.87. The fourth-order valence-corrected chi connectivity index (χ4v) is 5.04. The summed E-state index contributed by atoms with van der Waals surface area (Å²) in [6.07, 6.45) is 0. The highest BCUT2D eigenvalue weighted by molar-refractivity contribution is 6.20. The molecule has 1 fully saturated rings. The summed E-state index contributed by atoms with van der Waals surface area (Å²) in [6.45, 7) is 3.08. The zero-order chi connectivity index (χ0) is 30.4. The van der Waals surface area contributed by atoms with Gasteiger partial charge in [-0.2, -0.15) is 0 Å². The summed E-state index contributed by atoms with van der Waals surface area (Å²) < 4.78 is 43.9. The molecular weight excluding hydrogens is 550 g/mol. The summed E-state index contributed by atoms with van der Waals surface area (Å²) in [7, 11) is 8.43. The van der Waals surface area contributed by atoms with Crippen LogP contribution in [-0.2, 0) is 14.2 Å². The minimum Gasteiger partial charge on any atom is -0.506 e. The van der Waals surface area contributed by atoms with Gasteiger partial charge in [0, 0.05) is 36.0 Å². The van der Waals surface area contributed by atoms with E-state index in [1.807, 2.05) is 0 Å². The number of carbonyl (C=O) groups excluding carboxylic acids is 2. The van der Waals surface area contributed by atoms with E-state index < -0.39 is 17.7 Å². The molecule has 3 aromatic carbocycles. The summed E-state index contributed by atoms with van der Waals surface area (Å²) >= 11 is 0. The van der Waals surface area contributed by atoms with E-state index in [1.165, 1.54) is 48.7 Å². The number of carbonyl (C=O) groups is 2. The zero-order valence-electron chi connectivity index (χ0n) is 24.5. The van der Waals surface area contributed by atoms with Crippen LogP contribution < -0.4 is 23.7 Å². The molecule has 0 spiro atoms. The molecule has 0 atom stereocenters. The van der Waals surface area contributed by atoms with Gasteiger partial charge in [0.1, 0.15) is 17.9 Å². The standard InChI is InChI=1S/C30H35NO11/c1-35-19-8-7-17(15-20(19)36-2)22-23-18(16-21(37-3)27(38-4)28(23)39-5)26(32)25(24(22)29(33)40-6)30(34)42-14-11-31-9-12-41-13-10-31/h7-8,15-16,32H,9-14H2,1-6H3. The number of ether oxygens (including phenoxy) is 8. The molecule has 1 aliphatic heterocycles. The Balaban J connectivity index is 2.04. The van der Waals surface area contributed by atoms with E-state index in [-0.39, 0.29) is 51.3 Å². The van der Waals surface area contributed by atoms with Crippen molar-refractivity contribution in [3.8, 4) is 45.6 Å². The van der Waals surface area contributed by atoms with E-state index in [4.69, 9.17) is 37.9 Å². The Morgan fingerprint density at radius 2 is 1.48 bits per heavy atom. The van der Waals surface area contributed by atoms with Gasteiger partial charge in [-0.05, 0) is 23.8 Å². The number of nitrogens with zero attached hydrogens (tertiary/aromatic N) is 1. The molecule has 0 unspecified atom stereocenters. The van der Waals surface area contributed by atoms with Gasteiger partial charge in [-0.3, -0.25) is 4.90 Å². The number of rotatable bonds is 11. The van der Waals surface area contributed by atoms with Gasteiger partial charge in [-0.15, -0.1) is 0 Å². The van der Waals surface area contributed by atoms with E-state index in [9.17, 15) is 14.7 Å². The number of benzene rings is 3. The van der Waals surface area contributed by atoms with Gasteiger partial charge in [0.05, 0.1) is 61.4 Å². The molecule has 0 radical (unpaired) electrons. The average Bonchev–Trinajstić information content (AvgIpc) is 3.03. The third-order valence-corrected chi connectivity index (χ3v) is 7.08. The third kappa shape index (κ3) is 5.68. The predicted octanol–water partition coefficient (Wildman–Crippen LogP) is 3.53. The van der Waals surface area contributed by atoms with Gasteiger partial charge in [0.2, 0.25) is 5.75 Å². The quantitative estimate of drug-likeness (QED) is 0.330. The largest absolute Gasteiger partial charge is 0.506 e. The Bertz CT molecular complexity index is 1460. The van der Waals surface area contributed by atoms with Crippen molar-refractivity contribution in [3.63, 3.8) is 0 Å². The Morgan fingerprint density at radius 3 is 2.07 bits per heavy atom. The van der Waals surface area contributed by atoms with Gasteiger partial charge >= 0.3 is 11.9 Å². The maximum atomic E-state index is 13.7. The number of phenols is 1. The van der Waals surface area contributed by atoms with Crippen molar-refractivity contribution >= 4 is 22.7 Å². The molecule has 4 rings (SSSR count). The second-order valence-corrected chi connectivity index (χ2v) is 9.19. The van der Waals surface area contributed by atoms with Crippen LogP contribution in [0.5, 0.6) is 34.5 Å². The third-order valence-electron chi connectivity index (χ3n) is 7.08. The van der Waals surface area contributed by atoms with Crippen molar-refractivity contribution in [2.24, 2.45) is 0 Å². The van der Waals surface area contributed by atoms with Crippen LogP contribution in [0.25, 0.3) is 21.9 Å². The van der Waals surface area contributed by atoms with Crippen LogP contribution in [0.3, 0.4) is 0 Å². The lowest BCUT2D eigenvalue weighted by Crippen LogP contribution is -2.38. The summed E-state index contributed by atoms with van der Waals surface area (Å²) in [5.74, 6) is -0.890. The van der Waals surface area contributed by atoms with Crippen LogP contribution in [0.15, 0.2) is 24.3 Å². The van der Waals surface area contributed by atoms with Crippen molar-refractivity contribution < 1.29 is 52.6 Å². The monoisotopic (exact) mass is 585 g/mol. The lowest BCUT2D eigenvalue weighted by Gasteiger charge is -2.26. The van der Waals surface area contributed by atoms with Gasteiger partial charge in [-0.1, -0.05) is 6.07 Å². The number of methoxy groups -OCH3 is 6. The minimum atomic E-state index is -0.904. The normalized spacial score (nSPS) is 13.4. The first-order valence-corrected chi connectivity index (χ1v) is 13.1. The van der Waals surface area contributed by atoms with Crippen LogP contribution >= 0.6 is 0 Å². The first kappa shape index (κ1) is 30.5. The number of aromatic hydroxyl groups is 1. The zero-order valence-corrected chi connectivity index (χ0v) is 24.5. The number of fused-ring (bicyclic) bond motifs is 1. The highest BCUT2D eigenvalue weighted by Crippen LogP contribution is 2.52. The Hall–Kier alpha value is -4.42. The molecular formula is C30H35NO11. The highest BCUT2D eigenvalue weighted by atomic mass is 16.5. The smallest absolute Gasteiger partial charge is 0.342 e.